The van der Waals surface area contributed by atoms with Gasteiger partial charge in [-0.2, -0.15) is 5.10 Å². The topological polar surface area (TPSA) is 64.0 Å². The van der Waals surface area contributed by atoms with Crippen LogP contribution in [0.3, 0.4) is 0 Å². The lowest BCUT2D eigenvalue weighted by atomic mass is 10.1. The van der Waals surface area contributed by atoms with Gasteiger partial charge >= 0.3 is 0 Å². The minimum atomic E-state index is -3.11. The van der Waals surface area contributed by atoms with Crippen molar-refractivity contribution < 1.29 is 8.42 Å². The molecule has 0 spiro atoms. The summed E-state index contributed by atoms with van der Waals surface area (Å²) in [5.74, 6) is 0.186. The molecule has 1 N–H and O–H groups in total. The number of nitrogens with zero attached hydrogens (tertiary/aromatic N) is 2. The molecule has 6 heteroatoms. The van der Waals surface area contributed by atoms with Crippen LogP contribution >= 0.6 is 0 Å². The molecule has 0 aliphatic rings. The van der Waals surface area contributed by atoms with E-state index in [1.807, 2.05) is 43.5 Å². The summed E-state index contributed by atoms with van der Waals surface area (Å²) in [5.41, 5.74) is 2.09. The second-order valence-electron chi connectivity index (χ2n) is 4.58. The fraction of sp³-hybridized carbons (Fsp3) is 0.357. The third-order valence-electron chi connectivity index (χ3n) is 2.91. The number of hydrogen-bond donors (Lipinski definition) is 1. The highest BCUT2D eigenvalue weighted by Gasteiger charge is 2.07. The van der Waals surface area contributed by atoms with Crippen molar-refractivity contribution in [2.24, 2.45) is 0 Å². The van der Waals surface area contributed by atoms with Crippen molar-refractivity contribution in [3.63, 3.8) is 0 Å². The molecule has 0 fully saturated rings. The Kier molecular flexibility index (Phi) is 4.92. The second kappa shape index (κ2) is 6.67. The summed E-state index contributed by atoms with van der Waals surface area (Å²) in [7, 11) is -3.11. The van der Waals surface area contributed by atoms with Gasteiger partial charge in [0.2, 0.25) is 10.0 Å². The zero-order valence-electron chi connectivity index (χ0n) is 11.5. The van der Waals surface area contributed by atoms with E-state index < -0.39 is 10.0 Å². The zero-order valence-corrected chi connectivity index (χ0v) is 12.3. The van der Waals surface area contributed by atoms with Gasteiger partial charge in [0.1, 0.15) is 0 Å². The molecule has 5 nitrogen and oxygen atoms in total. The quantitative estimate of drug-likeness (QED) is 0.846. The molecular formula is C14H19N3O2S. The van der Waals surface area contributed by atoms with Crippen LogP contribution in [-0.2, 0) is 16.4 Å². The Morgan fingerprint density at radius 3 is 2.60 bits per heavy atom. The number of hydrogen-bond acceptors (Lipinski definition) is 3. The third-order valence-corrected chi connectivity index (χ3v) is 4.50. The summed E-state index contributed by atoms with van der Waals surface area (Å²) in [5, 5.41) is 4.16. The minimum Gasteiger partial charge on any atom is -0.241 e. The molecule has 1 heterocycles. The van der Waals surface area contributed by atoms with Gasteiger partial charge in [-0.05, 0) is 36.6 Å². The normalized spacial score (nSPS) is 11.7. The molecule has 0 bridgehead atoms. The number of benzene rings is 1. The maximum Gasteiger partial charge on any atom is 0.211 e. The van der Waals surface area contributed by atoms with E-state index in [4.69, 9.17) is 0 Å². The first kappa shape index (κ1) is 14.7. The van der Waals surface area contributed by atoms with Gasteiger partial charge in [0.15, 0.2) is 0 Å². The van der Waals surface area contributed by atoms with Gasteiger partial charge in [-0.25, -0.2) is 17.8 Å². The first-order valence-corrected chi connectivity index (χ1v) is 8.32. The fourth-order valence-electron chi connectivity index (χ4n) is 1.93. The van der Waals surface area contributed by atoms with Crippen molar-refractivity contribution in [2.45, 2.75) is 19.8 Å². The van der Waals surface area contributed by atoms with Crippen LogP contribution in [0.4, 0.5) is 0 Å². The largest absolute Gasteiger partial charge is 0.241 e. The Bertz CT molecular complexity index is 619. The molecule has 0 saturated carbocycles. The highest BCUT2D eigenvalue weighted by Crippen LogP contribution is 2.08. The van der Waals surface area contributed by atoms with Gasteiger partial charge in [0.05, 0.1) is 11.4 Å². The molecule has 108 valence electrons. The van der Waals surface area contributed by atoms with E-state index in [0.717, 1.165) is 11.3 Å². The number of rotatable bonds is 7. The zero-order chi connectivity index (χ0) is 14.4. The molecule has 0 unspecified atom stereocenters. The number of aromatic nitrogens is 2. The Hall–Kier alpha value is -1.66. The molecular weight excluding hydrogens is 274 g/mol. The van der Waals surface area contributed by atoms with Crippen LogP contribution in [0.25, 0.3) is 5.69 Å². The lowest BCUT2D eigenvalue weighted by Gasteiger charge is -2.06. The van der Waals surface area contributed by atoms with Gasteiger partial charge in [0, 0.05) is 18.9 Å². The standard InChI is InChI=1S/C14H19N3O2S/c1-2-12-20(18,19)16-10-8-13-4-6-14(7-5-13)17-11-3-9-15-17/h3-7,9,11,16H,2,8,10,12H2,1H3. The predicted molar refractivity (Wildman–Crippen MR) is 79.3 cm³/mol. The Labute approximate surface area is 119 Å². The van der Waals surface area contributed by atoms with Crippen molar-refractivity contribution in [1.82, 2.24) is 14.5 Å². The SMILES string of the molecule is CCCS(=O)(=O)NCCc1ccc(-n2cccn2)cc1. The third kappa shape index (κ3) is 4.18. The van der Waals surface area contributed by atoms with E-state index in [2.05, 4.69) is 9.82 Å². The number of nitrogens with one attached hydrogen (secondary N) is 1. The van der Waals surface area contributed by atoms with Crippen molar-refractivity contribution in [2.75, 3.05) is 12.3 Å². The first-order chi connectivity index (χ1) is 9.61. The molecule has 0 amide bonds. The van der Waals surface area contributed by atoms with Crippen molar-refractivity contribution in [1.29, 1.82) is 0 Å². The first-order valence-electron chi connectivity index (χ1n) is 6.67. The smallest absolute Gasteiger partial charge is 0.211 e. The molecule has 0 atom stereocenters. The molecule has 0 aliphatic heterocycles. The van der Waals surface area contributed by atoms with Crippen molar-refractivity contribution in [3.8, 4) is 5.69 Å². The molecule has 20 heavy (non-hydrogen) atoms. The van der Waals surface area contributed by atoms with Gasteiger partial charge in [-0.1, -0.05) is 19.1 Å². The van der Waals surface area contributed by atoms with Crippen LogP contribution in [0.1, 0.15) is 18.9 Å². The average molecular weight is 293 g/mol. The van der Waals surface area contributed by atoms with Crippen LogP contribution in [0.5, 0.6) is 0 Å². The lowest BCUT2D eigenvalue weighted by Crippen LogP contribution is -2.28. The summed E-state index contributed by atoms with van der Waals surface area (Å²) < 4.78 is 27.4. The molecule has 2 rings (SSSR count). The summed E-state index contributed by atoms with van der Waals surface area (Å²) in [6, 6.07) is 9.80. The molecule has 0 aliphatic carbocycles. The predicted octanol–water partition coefficient (Wildman–Crippen LogP) is 1.74. The Morgan fingerprint density at radius 1 is 1.25 bits per heavy atom. The minimum absolute atomic E-state index is 0.186. The van der Waals surface area contributed by atoms with Crippen LogP contribution < -0.4 is 4.72 Å². The average Bonchev–Trinajstić information content (AvgIpc) is 2.93. The van der Waals surface area contributed by atoms with Gasteiger partial charge in [-0.3, -0.25) is 0 Å². The highest BCUT2D eigenvalue weighted by atomic mass is 32.2. The second-order valence-corrected chi connectivity index (χ2v) is 6.51. The van der Waals surface area contributed by atoms with E-state index in [0.29, 0.717) is 19.4 Å². The molecule has 1 aromatic carbocycles. The van der Waals surface area contributed by atoms with Gasteiger partial charge in [0.25, 0.3) is 0 Å². The molecule has 2 aromatic rings. The summed E-state index contributed by atoms with van der Waals surface area (Å²) >= 11 is 0. The van der Waals surface area contributed by atoms with Crippen LogP contribution in [0.2, 0.25) is 0 Å². The number of sulfonamides is 1. The van der Waals surface area contributed by atoms with Crippen LogP contribution in [0, 0.1) is 0 Å². The lowest BCUT2D eigenvalue weighted by molar-refractivity contribution is 0.580. The van der Waals surface area contributed by atoms with E-state index in [1.165, 1.54) is 0 Å². The maximum atomic E-state index is 11.5. The van der Waals surface area contributed by atoms with E-state index in [1.54, 1.807) is 10.9 Å². The molecule has 0 saturated heterocycles. The summed E-state index contributed by atoms with van der Waals surface area (Å²) in [6.07, 6.45) is 4.93. The van der Waals surface area contributed by atoms with Crippen LogP contribution in [-0.4, -0.2) is 30.5 Å². The summed E-state index contributed by atoms with van der Waals surface area (Å²) in [6.45, 7) is 2.29. The molecule has 1 aromatic heterocycles. The Balaban J connectivity index is 1.89. The fourth-order valence-corrected chi connectivity index (χ4v) is 3.02. The highest BCUT2D eigenvalue weighted by molar-refractivity contribution is 7.89. The Morgan fingerprint density at radius 2 is 2.00 bits per heavy atom. The van der Waals surface area contributed by atoms with Crippen molar-refractivity contribution >= 4 is 10.0 Å². The van der Waals surface area contributed by atoms with Crippen LogP contribution in [0.15, 0.2) is 42.7 Å². The summed E-state index contributed by atoms with van der Waals surface area (Å²) in [4.78, 5) is 0. The van der Waals surface area contributed by atoms with Crippen molar-refractivity contribution in [3.05, 3.63) is 48.3 Å². The van der Waals surface area contributed by atoms with E-state index in [-0.39, 0.29) is 5.75 Å². The van der Waals surface area contributed by atoms with E-state index in [9.17, 15) is 8.42 Å². The monoisotopic (exact) mass is 293 g/mol. The maximum absolute atomic E-state index is 11.5. The molecule has 0 radical (unpaired) electrons. The van der Waals surface area contributed by atoms with E-state index >= 15 is 0 Å². The van der Waals surface area contributed by atoms with Gasteiger partial charge in [-0.15, -0.1) is 0 Å². The van der Waals surface area contributed by atoms with Gasteiger partial charge < -0.3 is 0 Å².